The fraction of sp³-hybridized carbons (Fsp3) is 0.200. The molecule has 1 amide bonds. The molecule has 1 aromatic carbocycles. The molecule has 0 atom stereocenters. The van der Waals surface area contributed by atoms with Crippen molar-refractivity contribution in [2.45, 2.75) is 12.1 Å². The van der Waals surface area contributed by atoms with E-state index >= 15 is 0 Å². The van der Waals surface area contributed by atoms with Crippen LogP contribution in [0.2, 0.25) is 0 Å². The van der Waals surface area contributed by atoms with Crippen LogP contribution in [0.25, 0.3) is 0 Å². The maximum atomic E-state index is 12.0. The van der Waals surface area contributed by atoms with Crippen molar-refractivity contribution < 1.29 is 22.7 Å². The summed E-state index contributed by atoms with van der Waals surface area (Å²) in [5.41, 5.74) is 0.692. The normalized spacial score (nSPS) is 10.9. The number of aromatic nitrogens is 2. The topological polar surface area (TPSA) is 115 Å². The number of hydrogen-bond acceptors (Lipinski definition) is 7. The van der Waals surface area contributed by atoms with Crippen molar-refractivity contribution in [1.29, 1.82) is 0 Å². The van der Waals surface area contributed by atoms with Crippen LogP contribution in [0.4, 0.5) is 5.69 Å². The summed E-state index contributed by atoms with van der Waals surface area (Å²) in [6.07, 6.45) is 2.57. The van der Waals surface area contributed by atoms with Crippen LogP contribution in [0.1, 0.15) is 17.3 Å². The monoisotopic (exact) mass is 349 g/mol. The molecule has 0 saturated heterocycles. The number of esters is 1. The van der Waals surface area contributed by atoms with Gasteiger partial charge < -0.3 is 10.1 Å². The van der Waals surface area contributed by atoms with Gasteiger partial charge in [0.1, 0.15) is 5.75 Å². The third kappa shape index (κ3) is 4.59. The van der Waals surface area contributed by atoms with Gasteiger partial charge in [-0.2, -0.15) is 0 Å². The second-order valence-electron chi connectivity index (χ2n) is 4.64. The van der Waals surface area contributed by atoms with Crippen LogP contribution in [0.15, 0.2) is 47.9 Å². The second-order valence-corrected chi connectivity index (χ2v) is 6.52. The minimum atomic E-state index is -3.92. The summed E-state index contributed by atoms with van der Waals surface area (Å²) in [7, 11) is -3.92. The van der Waals surface area contributed by atoms with Gasteiger partial charge in [-0.05, 0) is 37.3 Å². The number of amides is 1. The van der Waals surface area contributed by atoms with E-state index in [0.717, 1.165) is 0 Å². The summed E-state index contributed by atoms with van der Waals surface area (Å²) in [6.45, 7) is 1.96. The van der Waals surface area contributed by atoms with Gasteiger partial charge in [0.25, 0.3) is 0 Å². The fourth-order valence-corrected chi connectivity index (χ4v) is 2.77. The first-order valence-corrected chi connectivity index (χ1v) is 8.64. The molecule has 1 N–H and O–H groups in total. The molecule has 0 bridgehead atoms. The molecule has 126 valence electrons. The van der Waals surface area contributed by atoms with E-state index in [2.05, 4.69) is 15.3 Å². The Morgan fingerprint density at radius 3 is 2.33 bits per heavy atom. The van der Waals surface area contributed by atoms with E-state index in [-0.39, 0.29) is 6.61 Å². The van der Waals surface area contributed by atoms with Crippen molar-refractivity contribution >= 4 is 27.4 Å². The van der Waals surface area contributed by atoms with E-state index in [4.69, 9.17) is 4.74 Å². The average Bonchev–Trinajstić information content (AvgIpc) is 2.56. The lowest BCUT2D eigenvalue weighted by Crippen LogP contribution is -2.24. The van der Waals surface area contributed by atoms with Crippen LogP contribution in [0.3, 0.4) is 0 Å². The Morgan fingerprint density at radius 1 is 1.12 bits per heavy atom. The molecule has 1 aromatic heterocycles. The highest BCUT2D eigenvalue weighted by Gasteiger charge is 2.22. The summed E-state index contributed by atoms with van der Waals surface area (Å²) in [6, 6.07) is 7.39. The predicted octanol–water partition coefficient (Wildman–Crippen LogP) is 1.07. The summed E-state index contributed by atoms with van der Waals surface area (Å²) >= 11 is 0. The molecular formula is C15H15N3O5S. The number of ether oxygens (including phenoxy) is 1. The quantitative estimate of drug-likeness (QED) is 0.612. The van der Waals surface area contributed by atoms with Crippen LogP contribution in [-0.2, 0) is 19.4 Å². The second kappa shape index (κ2) is 7.64. The first-order chi connectivity index (χ1) is 11.4. The Morgan fingerprint density at radius 2 is 1.75 bits per heavy atom. The molecule has 0 saturated carbocycles. The minimum absolute atomic E-state index is 0.261. The van der Waals surface area contributed by atoms with Crippen LogP contribution in [0, 0.1) is 0 Å². The Labute approximate surface area is 138 Å². The SMILES string of the molecule is CCOC(=O)c1ccc(NC(=O)CS(=O)(=O)c2ncccn2)cc1. The van der Waals surface area contributed by atoms with E-state index in [9.17, 15) is 18.0 Å². The van der Waals surface area contributed by atoms with Gasteiger partial charge in [-0.3, -0.25) is 4.79 Å². The molecule has 0 unspecified atom stereocenters. The van der Waals surface area contributed by atoms with Crippen molar-refractivity contribution in [3.63, 3.8) is 0 Å². The number of nitrogens with one attached hydrogen (secondary N) is 1. The largest absolute Gasteiger partial charge is 0.462 e. The maximum Gasteiger partial charge on any atom is 0.338 e. The van der Waals surface area contributed by atoms with Gasteiger partial charge in [-0.1, -0.05) is 0 Å². The highest BCUT2D eigenvalue weighted by molar-refractivity contribution is 7.91. The van der Waals surface area contributed by atoms with Crippen LogP contribution in [0.5, 0.6) is 0 Å². The third-order valence-corrected chi connectivity index (χ3v) is 4.23. The number of carbonyl (C=O) groups excluding carboxylic acids is 2. The molecule has 0 radical (unpaired) electrons. The number of sulfone groups is 1. The molecule has 1 heterocycles. The highest BCUT2D eigenvalue weighted by Crippen LogP contribution is 2.11. The number of carbonyl (C=O) groups is 2. The molecule has 0 fully saturated rings. The van der Waals surface area contributed by atoms with Gasteiger partial charge in [-0.15, -0.1) is 0 Å². The predicted molar refractivity (Wildman–Crippen MR) is 85.1 cm³/mol. The zero-order valence-corrected chi connectivity index (χ0v) is 13.6. The molecule has 8 nitrogen and oxygen atoms in total. The average molecular weight is 349 g/mol. The van der Waals surface area contributed by atoms with E-state index in [1.807, 2.05) is 0 Å². The summed E-state index contributed by atoms with van der Waals surface area (Å²) in [5, 5.41) is 2.04. The number of hydrogen-bond donors (Lipinski definition) is 1. The maximum absolute atomic E-state index is 12.0. The first kappa shape index (κ1) is 17.5. The van der Waals surface area contributed by atoms with E-state index in [1.54, 1.807) is 6.92 Å². The molecule has 0 spiro atoms. The number of anilines is 1. The molecule has 9 heteroatoms. The lowest BCUT2D eigenvalue weighted by Gasteiger charge is -2.07. The number of benzene rings is 1. The van der Waals surface area contributed by atoms with Crippen LogP contribution >= 0.6 is 0 Å². The Hall–Kier alpha value is -2.81. The zero-order chi connectivity index (χ0) is 17.6. The highest BCUT2D eigenvalue weighted by atomic mass is 32.2. The van der Waals surface area contributed by atoms with Crippen molar-refractivity contribution in [2.75, 3.05) is 17.7 Å². The lowest BCUT2D eigenvalue weighted by molar-refractivity contribution is -0.113. The molecule has 2 aromatic rings. The third-order valence-electron chi connectivity index (χ3n) is 2.82. The first-order valence-electron chi connectivity index (χ1n) is 6.99. The van der Waals surface area contributed by atoms with E-state index < -0.39 is 32.6 Å². The summed E-state index contributed by atoms with van der Waals surface area (Å²) in [5.74, 6) is -1.98. The summed E-state index contributed by atoms with van der Waals surface area (Å²) < 4.78 is 28.8. The van der Waals surface area contributed by atoms with Crippen LogP contribution < -0.4 is 5.32 Å². The van der Waals surface area contributed by atoms with Crippen molar-refractivity contribution in [1.82, 2.24) is 9.97 Å². The number of rotatable bonds is 6. The van der Waals surface area contributed by atoms with Crippen molar-refractivity contribution in [3.05, 3.63) is 48.3 Å². The molecule has 0 aliphatic carbocycles. The smallest absolute Gasteiger partial charge is 0.338 e. The molecule has 0 aliphatic heterocycles. The molecule has 24 heavy (non-hydrogen) atoms. The van der Waals surface area contributed by atoms with Gasteiger partial charge in [0.05, 0.1) is 12.2 Å². The molecule has 0 aliphatic rings. The van der Waals surface area contributed by atoms with E-state index in [0.29, 0.717) is 11.3 Å². The minimum Gasteiger partial charge on any atom is -0.462 e. The lowest BCUT2D eigenvalue weighted by atomic mass is 10.2. The van der Waals surface area contributed by atoms with Gasteiger partial charge in [0.2, 0.25) is 20.9 Å². The Balaban J connectivity index is 2.01. The zero-order valence-electron chi connectivity index (χ0n) is 12.8. The van der Waals surface area contributed by atoms with Gasteiger partial charge in [0.15, 0.2) is 0 Å². The van der Waals surface area contributed by atoms with Gasteiger partial charge >= 0.3 is 5.97 Å². The van der Waals surface area contributed by atoms with Gasteiger partial charge in [-0.25, -0.2) is 23.2 Å². The molecular weight excluding hydrogens is 334 g/mol. The van der Waals surface area contributed by atoms with Gasteiger partial charge in [0, 0.05) is 18.1 Å². The van der Waals surface area contributed by atoms with E-state index in [1.165, 1.54) is 42.7 Å². The fourth-order valence-electron chi connectivity index (χ4n) is 1.78. The van der Waals surface area contributed by atoms with Crippen molar-refractivity contribution in [3.8, 4) is 0 Å². The summed E-state index contributed by atoms with van der Waals surface area (Å²) in [4.78, 5) is 30.7. The van der Waals surface area contributed by atoms with Crippen molar-refractivity contribution in [2.24, 2.45) is 0 Å². The number of nitrogens with zero attached hydrogens (tertiary/aromatic N) is 2. The Bertz CT molecular complexity index is 820. The standard InChI is InChI=1S/C15H15N3O5S/c1-2-23-14(20)11-4-6-12(7-5-11)18-13(19)10-24(21,22)15-16-8-3-9-17-15/h3-9H,2,10H2,1H3,(H,18,19). The molecule has 2 rings (SSSR count). The Kier molecular flexibility index (Phi) is 5.59. The van der Waals surface area contributed by atoms with Crippen LogP contribution in [-0.4, -0.2) is 42.6 Å².